The van der Waals surface area contributed by atoms with Gasteiger partial charge in [0.25, 0.3) is 0 Å². The predicted octanol–water partition coefficient (Wildman–Crippen LogP) is 2.81. The van der Waals surface area contributed by atoms with Crippen LogP contribution in [0.3, 0.4) is 0 Å². The lowest BCUT2D eigenvalue weighted by Crippen LogP contribution is -2.30. The van der Waals surface area contributed by atoms with E-state index in [4.69, 9.17) is 4.74 Å². The second kappa shape index (κ2) is 8.26. The molecule has 96 valence electrons. The molecule has 2 heteroatoms. The standard InChI is InChI=1S/C15H25NO/c1-4-5-14-6-8-15(9-7-14)12-13(2)16-10-11-17-3/h6-9,13,16H,4-5,10-12H2,1-3H3. The average Bonchev–Trinajstić information content (AvgIpc) is 2.32. The molecule has 1 aromatic carbocycles. The highest BCUT2D eigenvalue weighted by Gasteiger charge is 2.02. The van der Waals surface area contributed by atoms with Crippen molar-refractivity contribution in [2.75, 3.05) is 20.3 Å². The maximum absolute atomic E-state index is 5.02. The van der Waals surface area contributed by atoms with Crippen molar-refractivity contribution in [2.24, 2.45) is 0 Å². The molecule has 0 aliphatic rings. The van der Waals surface area contributed by atoms with Crippen molar-refractivity contribution >= 4 is 0 Å². The van der Waals surface area contributed by atoms with Gasteiger partial charge in [0.1, 0.15) is 0 Å². The van der Waals surface area contributed by atoms with Gasteiger partial charge in [-0.25, -0.2) is 0 Å². The number of benzene rings is 1. The number of ether oxygens (including phenoxy) is 1. The third kappa shape index (κ3) is 5.85. The number of aryl methyl sites for hydroxylation is 1. The van der Waals surface area contributed by atoms with Crippen LogP contribution in [0.5, 0.6) is 0 Å². The van der Waals surface area contributed by atoms with Crippen LogP contribution in [0.15, 0.2) is 24.3 Å². The zero-order chi connectivity index (χ0) is 12.5. The van der Waals surface area contributed by atoms with Gasteiger partial charge in [0.05, 0.1) is 6.61 Å². The molecular formula is C15H25NO. The van der Waals surface area contributed by atoms with Crippen LogP contribution in [-0.2, 0) is 17.6 Å². The van der Waals surface area contributed by atoms with E-state index in [1.54, 1.807) is 7.11 Å². The molecule has 0 radical (unpaired) electrons. The summed E-state index contributed by atoms with van der Waals surface area (Å²) in [7, 11) is 1.73. The van der Waals surface area contributed by atoms with Gasteiger partial charge in [0, 0.05) is 19.7 Å². The topological polar surface area (TPSA) is 21.3 Å². The molecule has 17 heavy (non-hydrogen) atoms. The molecule has 1 aromatic rings. The monoisotopic (exact) mass is 235 g/mol. The Bertz CT molecular complexity index is 294. The van der Waals surface area contributed by atoms with Gasteiger partial charge in [-0.05, 0) is 30.9 Å². The van der Waals surface area contributed by atoms with E-state index in [2.05, 4.69) is 43.4 Å². The van der Waals surface area contributed by atoms with Crippen LogP contribution in [0.1, 0.15) is 31.4 Å². The fraction of sp³-hybridized carbons (Fsp3) is 0.600. The number of hydrogen-bond acceptors (Lipinski definition) is 2. The molecule has 1 atom stereocenters. The highest BCUT2D eigenvalue weighted by atomic mass is 16.5. The molecule has 0 amide bonds. The van der Waals surface area contributed by atoms with E-state index in [-0.39, 0.29) is 0 Å². The van der Waals surface area contributed by atoms with Crippen LogP contribution in [-0.4, -0.2) is 26.3 Å². The molecule has 1 rings (SSSR count). The Kier molecular flexibility index (Phi) is 6.90. The molecule has 0 aliphatic heterocycles. The quantitative estimate of drug-likeness (QED) is 0.700. The molecule has 1 N–H and O–H groups in total. The third-order valence-corrected chi connectivity index (χ3v) is 2.90. The van der Waals surface area contributed by atoms with Gasteiger partial charge < -0.3 is 10.1 Å². The van der Waals surface area contributed by atoms with Gasteiger partial charge in [0.15, 0.2) is 0 Å². The fourth-order valence-electron chi connectivity index (χ4n) is 1.96. The third-order valence-electron chi connectivity index (χ3n) is 2.90. The van der Waals surface area contributed by atoms with Gasteiger partial charge in [-0.1, -0.05) is 37.6 Å². The van der Waals surface area contributed by atoms with E-state index in [1.165, 1.54) is 24.0 Å². The summed E-state index contributed by atoms with van der Waals surface area (Å²) in [4.78, 5) is 0. The minimum Gasteiger partial charge on any atom is -0.383 e. The second-order valence-corrected chi connectivity index (χ2v) is 4.62. The van der Waals surface area contributed by atoms with Crippen molar-refractivity contribution in [1.29, 1.82) is 0 Å². The molecular weight excluding hydrogens is 210 g/mol. The normalized spacial score (nSPS) is 12.6. The molecule has 0 aromatic heterocycles. The van der Waals surface area contributed by atoms with Crippen LogP contribution in [0.4, 0.5) is 0 Å². The number of hydrogen-bond donors (Lipinski definition) is 1. The van der Waals surface area contributed by atoms with E-state index < -0.39 is 0 Å². The number of methoxy groups -OCH3 is 1. The molecule has 1 unspecified atom stereocenters. The summed E-state index contributed by atoms with van der Waals surface area (Å²) >= 11 is 0. The Morgan fingerprint density at radius 1 is 1.18 bits per heavy atom. The Balaban J connectivity index is 2.34. The van der Waals surface area contributed by atoms with Gasteiger partial charge in [-0.3, -0.25) is 0 Å². The van der Waals surface area contributed by atoms with Gasteiger partial charge in [-0.15, -0.1) is 0 Å². The highest BCUT2D eigenvalue weighted by molar-refractivity contribution is 5.23. The van der Waals surface area contributed by atoms with Crippen molar-refractivity contribution in [3.05, 3.63) is 35.4 Å². The molecule has 0 bridgehead atoms. The van der Waals surface area contributed by atoms with Gasteiger partial charge >= 0.3 is 0 Å². The lowest BCUT2D eigenvalue weighted by Gasteiger charge is -2.13. The van der Waals surface area contributed by atoms with Crippen LogP contribution in [0.25, 0.3) is 0 Å². The summed E-state index contributed by atoms with van der Waals surface area (Å²) in [6.07, 6.45) is 3.48. The minimum atomic E-state index is 0.502. The van der Waals surface area contributed by atoms with Gasteiger partial charge in [-0.2, -0.15) is 0 Å². The summed E-state index contributed by atoms with van der Waals surface area (Å²) in [6.45, 7) is 6.14. The Hall–Kier alpha value is -0.860. The SMILES string of the molecule is CCCc1ccc(CC(C)NCCOC)cc1. The summed E-state index contributed by atoms with van der Waals surface area (Å²) in [5, 5.41) is 3.45. The van der Waals surface area contributed by atoms with Crippen molar-refractivity contribution in [3.63, 3.8) is 0 Å². The lowest BCUT2D eigenvalue weighted by molar-refractivity contribution is 0.196. The molecule has 0 heterocycles. The maximum Gasteiger partial charge on any atom is 0.0587 e. The largest absolute Gasteiger partial charge is 0.383 e. The van der Waals surface area contributed by atoms with E-state index in [9.17, 15) is 0 Å². The number of rotatable bonds is 8. The van der Waals surface area contributed by atoms with Crippen LogP contribution in [0.2, 0.25) is 0 Å². The van der Waals surface area contributed by atoms with Crippen molar-refractivity contribution in [2.45, 2.75) is 39.2 Å². The highest BCUT2D eigenvalue weighted by Crippen LogP contribution is 2.08. The first-order valence-electron chi connectivity index (χ1n) is 6.56. The van der Waals surface area contributed by atoms with Crippen LogP contribution >= 0.6 is 0 Å². The number of nitrogens with one attached hydrogen (secondary N) is 1. The summed E-state index contributed by atoms with van der Waals surface area (Å²) < 4.78 is 5.02. The minimum absolute atomic E-state index is 0.502. The molecule has 0 saturated carbocycles. The molecule has 0 aliphatic carbocycles. The Labute approximate surface area is 105 Å². The lowest BCUT2D eigenvalue weighted by atomic mass is 10.0. The summed E-state index contributed by atoms with van der Waals surface area (Å²) in [6, 6.07) is 9.50. The zero-order valence-electron chi connectivity index (χ0n) is 11.3. The molecule has 2 nitrogen and oxygen atoms in total. The first-order chi connectivity index (χ1) is 8.26. The second-order valence-electron chi connectivity index (χ2n) is 4.62. The van der Waals surface area contributed by atoms with Crippen LogP contribution in [0, 0.1) is 0 Å². The first kappa shape index (κ1) is 14.2. The summed E-state index contributed by atoms with van der Waals surface area (Å²) in [5.74, 6) is 0. The molecule has 0 spiro atoms. The van der Waals surface area contributed by atoms with Crippen LogP contribution < -0.4 is 5.32 Å². The Morgan fingerprint density at radius 3 is 2.41 bits per heavy atom. The van der Waals surface area contributed by atoms with E-state index in [0.717, 1.165) is 19.6 Å². The van der Waals surface area contributed by atoms with Crippen molar-refractivity contribution < 1.29 is 4.74 Å². The fourth-order valence-corrected chi connectivity index (χ4v) is 1.96. The van der Waals surface area contributed by atoms with E-state index in [1.807, 2.05) is 0 Å². The van der Waals surface area contributed by atoms with Crippen molar-refractivity contribution in [1.82, 2.24) is 5.32 Å². The van der Waals surface area contributed by atoms with Gasteiger partial charge in [0.2, 0.25) is 0 Å². The predicted molar refractivity (Wildman–Crippen MR) is 73.5 cm³/mol. The zero-order valence-corrected chi connectivity index (χ0v) is 11.3. The van der Waals surface area contributed by atoms with Crippen molar-refractivity contribution in [3.8, 4) is 0 Å². The average molecular weight is 235 g/mol. The Morgan fingerprint density at radius 2 is 1.82 bits per heavy atom. The smallest absolute Gasteiger partial charge is 0.0587 e. The maximum atomic E-state index is 5.02. The first-order valence-corrected chi connectivity index (χ1v) is 6.56. The van der Waals surface area contributed by atoms with E-state index >= 15 is 0 Å². The summed E-state index contributed by atoms with van der Waals surface area (Å²) in [5.41, 5.74) is 2.85. The molecule has 0 fully saturated rings. The van der Waals surface area contributed by atoms with E-state index in [0.29, 0.717) is 6.04 Å². The molecule has 0 saturated heterocycles.